The maximum atomic E-state index is 12.4. The molecule has 226 valence electrons. The van der Waals surface area contributed by atoms with Gasteiger partial charge in [-0.3, -0.25) is 0 Å². The van der Waals surface area contributed by atoms with Crippen LogP contribution in [0.1, 0.15) is 155 Å². The first-order chi connectivity index (χ1) is 19.1. The summed E-state index contributed by atoms with van der Waals surface area (Å²) in [6, 6.07) is 20.4. The zero-order valence-electron chi connectivity index (χ0n) is 27.6. The Hall–Kier alpha value is -1.89. The molecule has 0 heterocycles. The number of hydrogen-bond donors (Lipinski definition) is 0. The lowest BCUT2D eigenvalue weighted by molar-refractivity contribution is 0.0894. The van der Waals surface area contributed by atoms with Crippen molar-refractivity contribution < 1.29 is 4.39 Å². The van der Waals surface area contributed by atoms with E-state index < -0.39 is 5.67 Å². The van der Waals surface area contributed by atoms with Crippen LogP contribution in [0.2, 0.25) is 0 Å². The van der Waals surface area contributed by atoms with E-state index >= 15 is 0 Å². The SMILES string of the molecule is C=C(CCCC1(CCC)CC(CCC)CC(c2ccccc2)C1)c1ccc(CC)cc1.CC.CCCC(C)(C)F. The Balaban J connectivity index is 0.000000775. The Labute approximate surface area is 249 Å². The molecule has 1 aliphatic carbocycles. The van der Waals surface area contributed by atoms with Crippen molar-refractivity contribution in [1.82, 2.24) is 0 Å². The van der Waals surface area contributed by atoms with Crippen LogP contribution in [0.25, 0.3) is 5.57 Å². The summed E-state index contributed by atoms with van der Waals surface area (Å²) in [5.41, 5.74) is 5.19. The number of halogens is 1. The Morgan fingerprint density at radius 1 is 0.875 bits per heavy atom. The van der Waals surface area contributed by atoms with Crippen LogP contribution in [0.5, 0.6) is 0 Å². The molecule has 3 rings (SSSR count). The van der Waals surface area contributed by atoms with Gasteiger partial charge in [-0.05, 0) is 111 Å². The summed E-state index contributed by atoms with van der Waals surface area (Å²) in [5.74, 6) is 1.63. The van der Waals surface area contributed by atoms with Crippen LogP contribution in [0, 0.1) is 11.3 Å². The molecule has 3 unspecified atom stereocenters. The third-order valence-corrected chi connectivity index (χ3v) is 8.57. The highest BCUT2D eigenvalue weighted by Gasteiger charge is 2.39. The summed E-state index contributed by atoms with van der Waals surface area (Å²) in [4.78, 5) is 0. The second-order valence-corrected chi connectivity index (χ2v) is 12.6. The van der Waals surface area contributed by atoms with E-state index in [1.165, 1.54) is 74.5 Å². The van der Waals surface area contributed by atoms with Crippen molar-refractivity contribution in [2.24, 2.45) is 11.3 Å². The number of benzene rings is 2. The zero-order chi connectivity index (χ0) is 30.0. The van der Waals surface area contributed by atoms with E-state index in [1.807, 2.05) is 20.8 Å². The van der Waals surface area contributed by atoms with Crippen LogP contribution in [0.4, 0.5) is 4.39 Å². The third kappa shape index (κ3) is 13.2. The minimum Gasteiger partial charge on any atom is -0.245 e. The largest absolute Gasteiger partial charge is 0.245 e. The molecule has 0 bridgehead atoms. The highest BCUT2D eigenvalue weighted by molar-refractivity contribution is 5.63. The van der Waals surface area contributed by atoms with Crippen molar-refractivity contribution in [3.8, 4) is 0 Å². The molecule has 0 spiro atoms. The summed E-state index contributed by atoms with van der Waals surface area (Å²) in [6.45, 7) is 20.6. The Bertz CT molecular complexity index is 904. The van der Waals surface area contributed by atoms with Gasteiger partial charge in [0.15, 0.2) is 0 Å². The summed E-state index contributed by atoms with van der Waals surface area (Å²) in [7, 11) is 0. The molecule has 0 aliphatic heterocycles. The average molecular weight is 551 g/mol. The maximum absolute atomic E-state index is 12.4. The molecule has 0 radical (unpaired) electrons. The van der Waals surface area contributed by atoms with Crippen LogP contribution >= 0.6 is 0 Å². The van der Waals surface area contributed by atoms with Crippen molar-refractivity contribution in [3.05, 3.63) is 77.9 Å². The van der Waals surface area contributed by atoms with Gasteiger partial charge in [-0.25, -0.2) is 4.39 Å². The topological polar surface area (TPSA) is 0 Å². The van der Waals surface area contributed by atoms with E-state index in [0.29, 0.717) is 11.8 Å². The average Bonchev–Trinajstić information content (AvgIpc) is 2.94. The van der Waals surface area contributed by atoms with E-state index in [2.05, 4.69) is 81.9 Å². The third-order valence-electron chi connectivity index (χ3n) is 8.57. The van der Waals surface area contributed by atoms with Gasteiger partial charge < -0.3 is 0 Å². The van der Waals surface area contributed by atoms with Crippen LogP contribution in [-0.4, -0.2) is 5.67 Å². The van der Waals surface area contributed by atoms with E-state index in [4.69, 9.17) is 0 Å². The molecular formula is C39H63F. The summed E-state index contributed by atoms with van der Waals surface area (Å²) in [5, 5.41) is 0. The lowest BCUT2D eigenvalue weighted by Crippen LogP contribution is -2.33. The quantitative estimate of drug-likeness (QED) is 0.233. The molecule has 1 aliphatic rings. The number of alkyl halides is 1. The minimum atomic E-state index is -0.950. The van der Waals surface area contributed by atoms with Gasteiger partial charge in [0, 0.05) is 0 Å². The molecule has 1 fully saturated rings. The van der Waals surface area contributed by atoms with Crippen molar-refractivity contribution >= 4 is 5.57 Å². The number of allylic oxidation sites excluding steroid dienone is 1. The fourth-order valence-electron chi connectivity index (χ4n) is 6.85. The fraction of sp³-hybridized carbons (Fsp3) is 0.641. The number of rotatable bonds is 13. The van der Waals surface area contributed by atoms with Crippen LogP contribution in [0.3, 0.4) is 0 Å². The first kappa shape index (κ1) is 36.1. The molecule has 40 heavy (non-hydrogen) atoms. The Morgan fingerprint density at radius 3 is 2.02 bits per heavy atom. The zero-order valence-corrected chi connectivity index (χ0v) is 27.6. The van der Waals surface area contributed by atoms with E-state index in [1.54, 1.807) is 19.4 Å². The molecule has 2 aromatic rings. The van der Waals surface area contributed by atoms with Crippen LogP contribution < -0.4 is 0 Å². The lowest BCUT2D eigenvalue weighted by atomic mass is 9.59. The smallest absolute Gasteiger partial charge is 0.105 e. The fourth-order valence-corrected chi connectivity index (χ4v) is 6.85. The van der Waals surface area contributed by atoms with Crippen molar-refractivity contribution in [3.63, 3.8) is 0 Å². The second kappa shape index (κ2) is 19.3. The summed E-state index contributed by atoms with van der Waals surface area (Å²) >= 11 is 0. The summed E-state index contributed by atoms with van der Waals surface area (Å²) < 4.78 is 12.4. The van der Waals surface area contributed by atoms with Crippen molar-refractivity contribution in [2.45, 2.75) is 150 Å². The molecule has 0 saturated heterocycles. The number of aryl methyl sites for hydroxylation is 1. The van der Waals surface area contributed by atoms with Gasteiger partial charge in [-0.1, -0.05) is 128 Å². The van der Waals surface area contributed by atoms with E-state index in [0.717, 1.165) is 31.1 Å². The molecule has 1 saturated carbocycles. The van der Waals surface area contributed by atoms with Crippen molar-refractivity contribution in [2.75, 3.05) is 0 Å². The van der Waals surface area contributed by atoms with E-state index in [-0.39, 0.29) is 0 Å². The molecule has 1 heteroatoms. The van der Waals surface area contributed by atoms with Gasteiger partial charge in [0.1, 0.15) is 5.67 Å². The van der Waals surface area contributed by atoms with Gasteiger partial charge >= 0.3 is 0 Å². The van der Waals surface area contributed by atoms with Gasteiger partial charge in [-0.2, -0.15) is 0 Å². The van der Waals surface area contributed by atoms with Crippen LogP contribution in [0.15, 0.2) is 61.2 Å². The predicted octanol–water partition coefficient (Wildman–Crippen LogP) is 13.2. The van der Waals surface area contributed by atoms with Crippen molar-refractivity contribution in [1.29, 1.82) is 0 Å². The minimum absolute atomic E-state index is 0.514. The van der Waals surface area contributed by atoms with Gasteiger partial charge in [-0.15, -0.1) is 0 Å². The highest BCUT2D eigenvalue weighted by Crippen LogP contribution is 2.53. The molecule has 2 aromatic carbocycles. The van der Waals surface area contributed by atoms with Crippen LogP contribution in [-0.2, 0) is 6.42 Å². The van der Waals surface area contributed by atoms with Gasteiger partial charge in [0.05, 0.1) is 0 Å². The highest BCUT2D eigenvalue weighted by atomic mass is 19.1. The van der Waals surface area contributed by atoms with Gasteiger partial charge in [0.25, 0.3) is 0 Å². The normalized spacial score (nSPS) is 20.5. The Morgan fingerprint density at radius 2 is 1.52 bits per heavy atom. The summed E-state index contributed by atoms with van der Waals surface area (Å²) in [6.07, 6.45) is 16.1. The second-order valence-electron chi connectivity index (χ2n) is 12.6. The van der Waals surface area contributed by atoms with Gasteiger partial charge in [0.2, 0.25) is 0 Å². The predicted molar refractivity (Wildman–Crippen MR) is 179 cm³/mol. The molecule has 0 aromatic heterocycles. The number of hydrogen-bond acceptors (Lipinski definition) is 0. The molecule has 0 nitrogen and oxygen atoms in total. The monoisotopic (exact) mass is 550 g/mol. The Kier molecular flexibility index (Phi) is 17.4. The molecule has 0 amide bonds. The molecule has 3 atom stereocenters. The maximum Gasteiger partial charge on any atom is 0.105 e. The lowest BCUT2D eigenvalue weighted by Gasteiger charge is -2.45. The molecular weight excluding hydrogens is 487 g/mol. The molecule has 0 N–H and O–H groups in total. The standard InChI is InChI=1S/C31H44.C6H13F.C2H6/c1-5-12-27-22-30(29-14-9-8-10-15-29)24-31(23-27,20-6-2)21-11-13-25(4)28-18-16-26(7-3)17-19-28;1-4-5-6(2,3)7;1-2/h8-10,14-19,27,30H,4-7,11-13,20-24H2,1-3H3;4-5H2,1-3H3;1-2H3. The van der Waals surface area contributed by atoms with E-state index in [9.17, 15) is 4.39 Å². The first-order valence-electron chi connectivity index (χ1n) is 16.7. The first-order valence-corrected chi connectivity index (χ1v) is 16.7.